The lowest BCUT2D eigenvalue weighted by atomic mass is 9.82. The molecule has 2 atom stereocenters. The summed E-state index contributed by atoms with van der Waals surface area (Å²) in [6.07, 6.45) is 5.79. The van der Waals surface area contributed by atoms with E-state index in [9.17, 15) is 0 Å². The lowest BCUT2D eigenvalue weighted by Crippen LogP contribution is -2.45. The van der Waals surface area contributed by atoms with Crippen LogP contribution in [0.25, 0.3) is 0 Å². The Bertz CT molecular complexity index is 217. The van der Waals surface area contributed by atoms with Crippen LogP contribution < -0.4 is 0 Å². The van der Waals surface area contributed by atoms with Crippen molar-refractivity contribution in [3.8, 4) is 0 Å². The Balaban J connectivity index is 2.77. The SMILES string of the molecule is COCC1(OC)C=CC(COC)(OC)CC1. The summed E-state index contributed by atoms with van der Waals surface area (Å²) >= 11 is 0. The van der Waals surface area contributed by atoms with Gasteiger partial charge in [0, 0.05) is 28.4 Å². The summed E-state index contributed by atoms with van der Waals surface area (Å²) in [5, 5.41) is 0. The molecule has 0 heterocycles. The van der Waals surface area contributed by atoms with Crippen LogP contribution in [-0.4, -0.2) is 52.9 Å². The molecule has 0 aromatic heterocycles. The molecule has 0 radical (unpaired) electrons. The molecular formula is C12H22O4. The number of rotatable bonds is 6. The number of ether oxygens (including phenoxy) is 4. The summed E-state index contributed by atoms with van der Waals surface area (Å²) < 4.78 is 21.4. The van der Waals surface area contributed by atoms with E-state index in [1.54, 1.807) is 28.4 Å². The standard InChI is InChI=1S/C12H22O4/c1-13-9-11(15-3)5-7-12(16-4,8-6-11)10-14-2/h5,7H,6,8-10H2,1-4H3. The van der Waals surface area contributed by atoms with Crippen molar-refractivity contribution in [1.29, 1.82) is 0 Å². The van der Waals surface area contributed by atoms with Crippen LogP contribution in [0.3, 0.4) is 0 Å². The Labute approximate surface area is 97.5 Å². The molecule has 0 amide bonds. The summed E-state index contributed by atoms with van der Waals surface area (Å²) in [6.45, 7) is 1.12. The molecule has 0 saturated heterocycles. The molecule has 1 aliphatic rings. The molecule has 0 N–H and O–H groups in total. The Kier molecular flexibility index (Phi) is 4.92. The molecule has 16 heavy (non-hydrogen) atoms. The zero-order valence-electron chi connectivity index (χ0n) is 10.6. The highest BCUT2D eigenvalue weighted by molar-refractivity contribution is 5.16. The molecule has 1 rings (SSSR count). The summed E-state index contributed by atoms with van der Waals surface area (Å²) in [6, 6.07) is 0. The number of hydrogen-bond acceptors (Lipinski definition) is 4. The van der Waals surface area contributed by atoms with Gasteiger partial charge in [0.1, 0.15) is 11.2 Å². The van der Waals surface area contributed by atoms with E-state index in [0.29, 0.717) is 13.2 Å². The van der Waals surface area contributed by atoms with Gasteiger partial charge >= 0.3 is 0 Å². The summed E-state index contributed by atoms with van der Waals surface area (Å²) in [7, 11) is 6.78. The third-order valence-corrected chi connectivity index (χ3v) is 3.25. The van der Waals surface area contributed by atoms with Gasteiger partial charge in [-0.1, -0.05) is 12.2 Å². The second kappa shape index (κ2) is 5.77. The normalized spacial score (nSPS) is 34.2. The fourth-order valence-corrected chi connectivity index (χ4v) is 2.08. The van der Waals surface area contributed by atoms with Gasteiger partial charge in [-0.25, -0.2) is 0 Å². The second-order valence-corrected chi connectivity index (χ2v) is 4.24. The van der Waals surface area contributed by atoms with Crippen molar-refractivity contribution in [1.82, 2.24) is 0 Å². The molecule has 2 unspecified atom stereocenters. The molecule has 0 spiro atoms. The van der Waals surface area contributed by atoms with E-state index in [4.69, 9.17) is 18.9 Å². The van der Waals surface area contributed by atoms with Crippen molar-refractivity contribution in [2.45, 2.75) is 24.0 Å². The van der Waals surface area contributed by atoms with E-state index in [1.807, 2.05) is 12.2 Å². The first-order valence-corrected chi connectivity index (χ1v) is 5.44. The highest BCUT2D eigenvalue weighted by Gasteiger charge is 2.38. The van der Waals surface area contributed by atoms with Crippen molar-refractivity contribution in [3.63, 3.8) is 0 Å². The Morgan fingerprint density at radius 2 is 1.19 bits per heavy atom. The third-order valence-electron chi connectivity index (χ3n) is 3.25. The predicted molar refractivity (Wildman–Crippen MR) is 61.6 cm³/mol. The monoisotopic (exact) mass is 230 g/mol. The summed E-state index contributed by atoms with van der Waals surface area (Å²) in [4.78, 5) is 0. The quantitative estimate of drug-likeness (QED) is 0.646. The Morgan fingerprint density at radius 3 is 1.38 bits per heavy atom. The van der Waals surface area contributed by atoms with Gasteiger partial charge in [-0.15, -0.1) is 0 Å². The smallest absolute Gasteiger partial charge is 0.109 e. The molecule has 0 aromatic rings. The van der Waals surface area contributed by atoms with E-state index in [0.717, 1.165) is 12.8 Å². The molecule has 1 aliphatic carbocycles. The van der Waals surface area contributed by atoms with E-state index >= 15 is 0 Å². The average Bonchev–Trinajstić information content (AvgIpc) is 2.33. The fraction of sp³-hybridized carbons (Fsp3) is 0.833. The molecule has 94 valence electrons. The van der Waals surface area contributed by atoms with Gasteiger partial charge in [-0.3, -0.25) is 0 Å². The fourth-order valence-electron chi connectivity index (χ4n) is 2.08. The largest absolute Gasteiger partial charge is 0.381 e. The number of hydrogen-bond donors (Lipinski definition) is 0. The maximum Gasteiger partial charge on any atom is 0.109 e. The van der Waals surface area contributed by atoms with Crippen LogP contribution in [0.5, 0.6) is 0 Å². The van der Waals surface area contributed by atoms with Gasteiger partial charge in [0.05, 0.1) is 13.2 Å². The zero-order chi connectivity index (χ0) is 12.1. The van der Waals surface area contributed by atoms with Gasteiger partial charge in [-0.05, 0) is 12.8 Å². The van der Waals surface area contributed by atoms with Crippen LogP contribution in [0.2, 0.25) is 0 Å². The van der Waals surface area contributed by atoms with Gasteiger partial charge in [0.2, 0.25) is 0 Å². The molecule has 0 saturated carbocycles. The third kappa shape index (κ3) is 2.83. The van der Waals surface area contributed by atoms with Crippen LogP contribution in [0, 0.1) is 0 Å². The van der Waals surface area contributed by atoms with Crippen molar-refractivity contribution in [2.24, 2.45) is 0 Å². The van der Waals surface area contributed by atoms with Crippen LogP contribution in [-0.2, 0) is 18.9 Å². The van der Waals surface area contributed by atoms with E-state index < -0.39 is 0 Å². The Morgan fingerprint density at radius 1 is 0.812 bits per heavy atom. The van der Waals surface area contributed by atoms with Crippen LogP contribution in [0.1, 0.15) is 12.8 Å². The minimum Gasteiger partial charge on any atom is -0.381 e. The molecule has 0 aliphatic heterocycles. The maximum absolute atomic E-state index is 5.53. The first-order chi connectivity index (χ1) is 7.66. The lowest BCUT2D eigenvalue weighted by molar-refractivity contribution is -0.0844. The molecular weight excluding hydrogens is 208 g/mol. The Hall–Kier alpha value is -0.420. The van der Waals surface area contributed by atoms with E-state index in [2.05, 4.69) is 0 Å². The lowest BCUT2D eigenvalue weighted by Gasteiger charge is -2.39. The predicted octanol–water partition coefficient (Wildman–Crippen LogP) is 1.40. The molecule has 0 bridgehead atoms. The van der Waals surface area contributed by atoms with Crippen molar-refractivity contribution >= 4 is 0 Å². The minimum absolute atomic E-state index is 0.315. The molecule has 4 heteroatoms. The first kappa shape index (κ1) is 13.6. The zero-order valence-corrected chi connectivity index (χ0v) is 10.6. The number of methoxy groups -OCH3 is 4. The van der Waals surface area contributed by atoms with Crippen molar-refractivity contribution in [3.05, 3.63) is 12.2 Å². The average molecular weight is 230 g/mol. The molecule has 4 nitrogen and oxygen atoms in total. The van der Waals surface area contributed by atoms with Crippen LogP contribution >= 0.6 is 0 Å². The van der Waals surface area contributed by atoms with Crippen molar-refractivity contribution in [2.75, 3.05) is 41.7 Å². The molecule has 0 fully saturated rings. The summed E-state index contributed by atoms with van der Waals surface area (Å²) in [5.74, 6) is 0. The van der Waals surface area contributed by atoms with Gasteiger partial charge < -0.3 is 18.9 Å². The van der Waals surface area contributed by atoms with E-state index in [1.165, 1.54) is 0 Å². The summed E-state index contributed by atoms with van der Waals surface area (Å²) in [5.41, 5.74) is -0.630. The minimum atomic E-state index is -0.315. The molecule has 0 aromatic carbocycles. The topological polar surface area (TPSA) is 36.9 Å². The van der Waals surface area contributed by atoms with E-state index in [-0.39, 0.29) is 11.2 Å². The van der Waals surface area contributed by atoms with Gasteiger partial charge in [-0.2, -0.15) is 0 Å². The second-order valence-electron chi connectivity index (χ2n) is 4.24. The van der Waals surface area contributed by atoms with Crippen molar-refractivity contribution < 1.29 is 18.9 Å². The van der Waals surface area contributed by atoms with Gasteiger partial charge in [0.15, 0.2) is 0 Å². The highest BCUT2D eigenvalue weighted by Crippen LogP contribution is 2.33. The van der Waals surface area contributed by atoms with Crippen LogP contribution in [0.15, 0.2) is 12.2 Å². The highest BCUT2D eigenvalue weighted by atomic mass is 16.5. The van der Waals surface area contributed by atoms with Gasteiger partial charge in [0.25, 0.3) is 0 Å². The van der Waals surface area contributed by atoms with Crippen LogP contribution in [0.4, 0.5) is 0 Å². The first-order valence-electron chi connectivity index (χ1n) is 5.44. The maximum atomic E-state index is 5.53.